The lowest BCUT2D eigenvalue weighted by Crippen LogP contribution is -2.65. The van der Waals surface area contributed by atoms with Crippen molar-refractivity contribution in [2.75, 3.05) is 13.1 Å². The van der Waals surface area contributed by atoms with Crippen molar-refractivity contribution in [3.63, 3.8) is 0 Å². The van der Waals surface area contributed by atoms with Gasteiger partial charge in [-0.25, -0.2) is 6.57 Å². The number of halogens is 1. The minimum Gasteiger partial charge on any atom is -0.388 e. The maximum absolute atomic E-state index is 12.9. The summed E-state index contributed by atoms with van der Waals surface area (Å²) in [4.78, 5) is 16.3. The molecule has 0 radical (unpaired) electrons. The lowest BCUT2D eigenvalue weighted by molar-refractivity contribution is -0.223. The van der Waals surface area contributed by atoms with Crippen LogP contribution in [0.1, 0.15) is 46.0 Å². The van der Waals surface area contributed by atoms with Crippen LogP contribution >= 0.6 is 11.6 Å². The van der Waals surface area contributed by atoms with Crippen LogP contribution in [0.5, 0.6) is 0 Å². The van der Waals surface area contributed by atoms with Crippen LogP contribution in [0, 0.1) is 12.5 Å². The van der Waals surface area contributed by atoms with Gasteiger partial charge in [0.05, 0.1) is 23.6 Å². The fourth-order valence-electron chi connectivity index (χ4n) is 4.19. The monoisotopic (exact) mass is 431 g/mol. The molecule has 0 unspecified atom stereocenters. The zero-order valence-electron chi connectivity index (χ0n) is 17.1. The molecule has 166 valence electrons. The average molecular weight is 432 g/mol. The third-order valence-electron chi connectivity index (χ3n) is 6.05. The van der Waals surface area contributed by atoms with E-state index in [0.717, 1.165) is 32.2 Å². The number of carbonyl (C=O) groups excluding carboxylic acids is 1. The van der Waals surface area contributed by atoms with Crippen molar-refractivity contribution in [2.45, 2.75) is 93.9 Å². The second kappa shape index (κ2) is 11.4. The van der Waals surface area contributed by atoms with Gasteiger partial charge in [0.2, 0.25) is 12.5 Å². The molecule has 5 N–H and O–H groups in total. The summed E-state index contributed by atoms with van der Waals surface area (Å²) in [7, 11) is 0. The number of rotatable bonds is 7. The Hall–Kier alpha value is -0.950. The lowest BCUT2D eigenvalue weighted by Gasteiger charge is -2.43. The third kappa shape index (κ3) is 6.51. The number of carbonyl (C=O) groups is 1. The molecule has 0 aromatic rings. The molecule has 8 nitrogen and oxygen atoms in total. The molecule has 2 fully saturated rings. The molecule has 0 bridgehead atoms. The van der Waals surface area contributed by atoms with Crippen LogP contribution in [0.4, 0.5) is 0 Å². The van der Waals surface area contributed by atoms with E-state index in [1.807, 2.05) is 0 Å². The highest BCUT2D eigenvalue weighted by molar-refractivity contribution is 6.21. The predicted octanol–water partition coefficient (Wildman–Crippen LogP) is 0.426. The highest BCUT2D eigenvalue weighted by Gasteiger charge is 2.46. The summed E-state index contributed by atoms with van der Waals surface area (Å²) in [6, 6.07) is -1.09. The van der Waals surface area contributed by atoms with Crippen LogP contribution in [0.3, 0.4) is 0 Å². The quantitative estimate of drug-likeness (QED) is 0.227. The molecule has 0 aliphatic carbocycles. The van der Waals surface area contributed by atoms with Gasteiger partial charge in [0.15, 0.2) is 0 Å². The maximum Gasteiger partial charge on any atom is 0.237 e. The number of hydrogen-bond donors (Lipinski definition) is 5. The van der Waals surface area contributed by atoms with Crippen LogP contribution in [0.2, 0.25) is 0 Å². The van der Waals surface area contributed by atoms with Gasteiger partial charge in [0, 0.05) is 6.42 Å². The second-order valence-electron chi connectivity index (χ2n) is 8.25. The van der Waals surface area contributed by atoms with Crippen molar-refractivity contribution in [3.8, 4) is 0 Å². The van der Waals surface area contributed by atoms with E-state index in [0.29, 0.717) is 18.9 Å². The number of nitrogens with zero attached hydrogens (tertiary/aromatic N) is 1. The van der Waals surface area contributed by atoms with Gasteiger partial charge in [-0.15, -0.1) is 11.6 Å². The lowest BCUT2D eigenvalue weighted by atomic mass is 9.90. The first-order valence-corrected chi connectivity index (χ1v) is 10.9. The van der Waals surface area contributed by atoms with Crippen molar-refractivity contribution < 1.29 is 24.9 Å². The van der Waals surface area contributed by atoms with E-state index in [2.05, 4.69) is 15.5 Å². The van der Waals surface area contributed by atoms with Gasteiger partial charge in [0.25, 0.3) is 0 Å². The number of amides is 1. The standard InChI is InChI=1S/C20H34ClN3O5/c1-11(21)15(19-18(27)17(26)16(25)12(2)29-19)24-20(28)14-7-6-13(8-10-23-14)5-4-9-22-3/h11-19,23,25-27H,4-10H2,1-2H3,(H,24,28)/t11-,12+,13-,14-,15+,16-,17+,18+,19+/m0/s1. The van der Waals surface area contributed by atoms with Crippen LogP contribution in [-0.4, -0.2) is 82.3 Å². The molecule has 0 aromatic carbocycles. The molecule has 2 aliphatic heterocycles. The summed E-state index contributed by atoms with van der Waals surface area (Å²) in [5.74, 6) is 0.291. The first-order valence-electron chi connectivity index (χ1n) is 10.5. The molecule has 0 spiro atoms. The highest BCUT2D eigenvalue weighted by Crippen LogP contribution is 2.26. The van der Waals surface area contributed by atoms with Crippen molar-refractivity contribution >= 4 is 17.5 Å². The van der Waals surface area contributed by atoms with Gasteiger partial charge in [-0.3, -0.25) is 4.79 Å². The van der Waals surface area contributed by atoms with Crippen LogP contribution in [0.25, 0.3) is 4.85 Å². The molecule has 0 aromatic heterocycles. The van der Waals surface area contributed by atoms with E-state index >= 15 is 0 Å². The number of nitrogens with one attached hydrogen (secondary N) is 2. The Morgan fingerprint density at radius 2 is 2.00 bits per heavy atom. The fraction of sp³-hybridized carbons (Fsp3) is 0.900. The summed E-state index contributed by atoms with van der Waals surface area (Å²) >= 11 is 6.29. The molecule has 1 amide bonds. The highest BCUT2D eigenvalue weighted by atomic mass is 35.5. The fourth-order valence-corrected chi connectivity index (χ4v) is 4.39. The molecule has 2 aliphatic rings. The number of aliphatic hydroxyl groups is 3. The molecule has 2 rings (SSSR count). The first-order chi connectivity index (χ1) is 13.8. The normalized spacial score (nSPS) is 37.8. The SMILES string of the molecule is [C-]#[N+]CCC[C@@H]1CCN[C@H](C(=O)N[C@@H]([C@H]2O[C@H](C)[C@H](O)[C@@H](O)[C@H]2O)[C@H](C)Cl)CC1. The minimum atomic E-state index is -1.37. The molecular formula is C20H34ClN3O5. The molecule has 9 atom stereocenters. The summed E-state index contributed by atoms with van der Waals surface area (Å²) in [5, 5.41) is 36.0. The van der Waals surface area contributed by atoms with Gasteiger partial charge < -0.3 is 35.5 Å². The summed E-state index contributed by atoms with van der Waals surface area (Å²) in [6.07, 6.45) is -1.09. The van der Waals surface area contributed by atoms with Gasteiger partial charge >= 0.3 is 0 Å². The molecule has 2 heterocycles. The number of ether oxygens (including phenoxy) is 1. The zero-order valence-corrected chi connectivity index (χ0v) is 17.9. The minimum absolute atomic E-state index is 0.214. The molecule has 0 saturated carbocycles. The Bertz CT molecular complexity index is 573. The van der Waals surface area contributed by atoms with Crippen LogP contribution < -0.4 is 10.6 Å². The van der Waals surface area contributed by atoms with Gasteiger partial charge in [-0.05, 0) is 52.0 Å². The van der Waals surface area contributed by atoms with Crippen molar-refractivity contribution in [2.24, 2.45) is 5.92 Å². The van der Waals surface area contributed by atoms with Gasteiger partial charge in [0.1, 0.15) is 24.4 Å². The first kappa shape index (κ1) is 24.3. The van der Waals surface area contributed by atoms with Gasteiger partial charge in [-0.2, -0.15) is 0 Å². The predicted molar refractivity (Wildman–Crippen MR) is 109 cm³/mol. The third-order valence-corrected chi connectivity index (χ3v) is 6.32. The number of alkyl halides is 1. The smallest absolute Gasteiger partial charge is 0.237 e. The largest absolute Gasteiger partial charge is 0.388 e. The summed E-state index contributed by atoms with van der Waals surface area (Å²) < 4.78 is 5.69. The maximum atomic E-state index is 12.9. The topological polar surface area (TPSA) is 115 Å². The van der Waals surface area contributed by atoms with Crippen LogP contribution in [0.15, 0.2) is 0 Å². The Morgan fingerprint density at radius 3 is 2.66 bits per heavy atom. The molecule has 29 heavy (non-hydrogen) atoms. The number of hydrogen-bond acceptors (Lipinski definition) is 6. The Labute approximate surface area is 177 Å². The van der Waals surface area contributed by atoms with E-state index in [1.165, 1.54) is 0 Å². The average Bonchev–Trinajstić information content (AvgIpc) is 2.93. The zero-order chi connectivity index (χ0) is 21.6. The second-order valence-corrected chi connectivity index (χ2v) is 8.94. The molecular weight excluding hydrogens is 398 g/mol. The number of aliphatic hydroxyl groups excluding tert-OH is 3. The Kier molecular flexibility index (Phi) is 9.60. The van der Waals surface area contributed by atoms with Crippen molar-refractivity contribution in [1.82, 2.24) is 10.6 Å². The summed E-state index contributed by atoms with van der Waals surface area (Å²) in [5.41, 5.74) is 0. The molecule has 9 heteroatoms. The van der Waals surface area contributed by atoms with Crippen molar-refractivity contribution in [1.29, 1.82) is 0 Å². The Morgan fingerprint density at radius 1 is 1.28 bits per heavy atom. The van der Waals surface area contributed by atoms with Crippen LogP contribution in [-0.2, 0) is 9.53 Å². The molecule has 2 saturated heterocycles. The van der Waals surface area contributed by atoms with E-state index in [-0.39, 0.29) is 11.9 Å². The van der Waals surface area contributed by atoms with E-state index in [4.69, 9.17) is 22.9 Å². The van der Waals surface area contributed by atoms with E-state index in [9.17, 15) is 20.1 Å². The van der Waals surface area contributed by atoms with Gasteiger partial charge in [-0.1, -0.05) is 0 Å². The Balaban J connectivity index is 1.96. The van der Waals surface area contributed by atoms with E-state index < -0.39 is 41.9 Å². The van der Waals surface area contributed by atoms with Crippen molar-refractivity contribution in [3.05, 3.63) is 11.4 Å². The summed E-state index contributed by atoms with van der Waals surface area (Å²) in [6.45, 7) is 11.4. The van der Waals surface area contributed by atoms with E-state index in [1.54, 1.807) is 13.8 Å².